The minimum atomic E-state index is 0.887. The Morgan fingerprint density at radius 3 is 2.09 bits per heavy atom. The van der Waals surface area contributed by atoms with Gasteiger partial charge in [-0.05, 0) is 64.4 Å². The summed E-state index contributed by atoms with van der Waals surface area (Å²) >= 11 is 1.85. The largest absolute Gasteiger partial charge is 0.454 e. The number of hydrogen-bond donors (Lipinski definition) is 0. The molecule has 0 amide bonds. The molecule has 0 bridgehead atoms. The zero-order chi connectivity index (χ0) is 28.3. The topological polar surface area (TPSA) is 16.4 Å². The van der Waals surface area contributed by atoms with Crippen molar-refractivity contribution in [1.82, 2.24) is 0 Å². The normalized spacial score (nSPS) is 11.7. The third-order valence-electron chi connectivity index (χ3n) is 8.44. The van der Waals surface area contributed by atoms with Crippen LogP contribution in [0.5, 0.6) is 0 Å². The fourth-order valence-corrected chi connectivity index (χ4v) is 7.62. The fourth-order valence-electron chi connectivity index (χ4n) is 6.42. The molecule has 0 N–H and O–H groups in total. The standard InChI is InChI=1S/C40H25NOS/c1-2-11-27-24-29(23-22-26(27)10-1)28-12-7-13-30(25-28)41(35-18-8-16-33-31-14-3-5-20-37(31)42-39(33)35)36-19-9-17-34-32-15-4-6-21-38(32)43-40(34)36/h1-25H. The number of anilines is 3. The minimum Gasteiger partial charge on any atom is -0.454 e. The second-order valence-corrected chi connectivity index (χ2v) is 12.0. The molecule has 9 aromatic rings. The quantitative estimate of drug-likeness (QED) is 0.210. The lowest BCUT2D eigenvalue weighted by Gasteiger charge is -2.26. The third-order valence-corrected chi connectivity index (χ3v) is 9.65. The van der Waals surface area contributed by atoms with E-state index in [-0.39, 0.29) is 0 Å². The summed E-state index contributed by atoms with van der Waals surface area (Å²) in [6.45, 7) is 0. The molecule has 9 rings (SSSR count). The highest BCUT2D eigenvalue weighted by Crippen LogP contribution is 2.47. The van der Waals surface area contributed by atoms with Crippen LogP contribution in [-0.2, 0) is 0 Å². The molecule has 0 radical (unpaired) electrons. The summed E-state index contributed by atoms with van der Waals surface area (Å²) in [5, 5.41) is 7.29. The molecule has 0 fully saturated rings. The van der Waals surface area contributed by atoms with Crippen LogP contribution in [0.4, 0.5) is 17.1 Å². The van der Waals surface area contributed by atoms with E-state index >= 15 is 0 Å². The molecule has 2 heterocycles. The second kappa shape index (κ2) is 9.59. The van der Waals surface area contributed by atoms with Crippen LogP contribution in [0.2, 0.25) is 0 Å². The van der Waals surface area contributed by atoms with Crippen molar-refractivity contribution in [2.45, 2.75) is 0 Å². The summed E-state index contributed by atoms with van der Waals surface area (Å²) in [6.07, 6.45) is 0. The highest BCUT2D eigenvalue weighted by Gasteiger charge is 2.22. The number of rotatable bonds is 4. The number of nitrogens with zero attached hydrogens (tertiary/aromatic N) is 1. The van der Waals surface area contributed by atoms with Gasteiger partial charge in [0.15, 0.2) is 5.58 Å². The van der Waals surface area contributed by atoms with Crippen molar-refractivity contribution in [3.8, 4) is 11.1 Å². The molecule has 7 aromatic carbocycles. The zero-order valence-corrected chi connectivity index (χ0v) is 24.0. The maximum absolute atomic E-state index is 6.60. The van der Waals surface area contributed by atoms with E-state index in [1.807, 2.05) is 17.4 Å². The van der Waals surface area contributed by atoms with Gasteiger partial charge in [0.05, 0.1) is 16.1 Å². The van der Waals surface area contributed by atoms with Crippen LogP contribution in [0.3, 0.4) is 0 Å². The molecule has 2 nitrogen and oxygen atoms in total. The molecule has 0 unspecified atom stereocenters. The summed E-state index contributed by atoms with van der Waals surface area (Å²) in [5.41, 5.74) is 7.41. The van der Waals surface area contributed by atoms with Gasteiger partial charge in [-0.25, -0.2) is 0 Å². The van der Waals surface area contributed by atoms with Gasteiger partial charge in [0.25, 0.3) is 0 Å². The first-order valence-corrected chi connectivity index (χ1v) is 15.3. The summed E-state index contributed by atoms with van der Waals surface area (Å²) in [5.74, 6) is 0. The van der Waals surface area contributed by atoms with E-state index in [0.29, 0.717) is 0 Å². The molecule has 0 saturated heterocycles. The molecule has 0 aliphatic rings. The lowest BCUT2D eigenvalue weighted by Crippen LogP contribution is -2.10. The van der Waals surface area contributed by atoms with Gasteiger partial charge in [-0.2, -0.15) is 0 Å². The van der Waals surface area contributed by atoms with E-state index < -0.39 is 0 Å². The van der Waals surface area contributed by atoms with Crippen LogP contribution in [0.1, 0.15) is 0 Å². The molecule has 2 aromatic heterocycles. The average Bonchev–Trinajstić information content (AvgIpc) is 3.64. The number of fused-ring (bicyclic) bond motifs is 7. The van der Waals surface area contributed by atoms with E-state index in [9.17, 15) is 0 Å². The van der Waals surface area contributed by atoms with E-state index in [4.69, 9.17) is 4.42 Å². The van der Waals surface area contributed by atoms with Crippen LogP contribution in [0.25, 0.3) is 64.0 Å². The number of furan rings is 1. The molecule has 0 atom stereocenters. The number of para-hydroxylation sites is 2. The smallest absolute Gasteiger partial charge is 0.159 e. The molecular weight excluding hydrogens is 543 g/mol. The van der Waals surface area contributed by atoms with Gasteiger partial charge in [-0.3, -0.25) is 0 Å². The molecule has 0 saturated carbocycles. The molecule has 0 spiro atoms. The number of benzene rings is 7. The third kappa shape index (κ3) is 3.86. The monoisotopic (exact) mass is 567 g/mol. The van der Waals surface area contributed by atoms with Crippen LogP contribution in [0, 0.1) is 0 Å². The Kier molecular flexibility index (Phi) is 5.40. The lowest BCUT2D eigenvalue weighted by molar-refractivity contribution is 0.669. The van der Waals surface area contributed by atoms with Gasteiger partial charge in [0.1, 0.15) is 5.58 Å². The Hall–Kier alpha value is -5.38. The maximum Gasteiger partial charge on any atom is 0.159 e. The Balaban J connectivity index is 1.32. The second-order valence-electron chi connectivity index (χ2n) is 11.0. The molecule has 202 valence electrons. The van der Waals surface area contributed by atoms with Crippen molar-refractivity contribution in [1.29, 1.82) is 0 Å². The van der Waals surface area contributed by atoms with E-state index in [2.05, 4.69) is 150 Å². The first-order chi connectivity index (χ1) is 21.3. The van der Waals surface area contributed by atoms with E-state index in [1.54, 1.807) is 0 Å². The van der Waals surface area contributed by atoms with E-state index in [0.717, 1.165) is 39.0 Å². The first kappa shape index (κ1) is 24.2. The number of hydrogen-bond acceptors (Lipinski definition) is 3. The predicted octanol–water partition coefficient (Wildman–Crippen LogP) is 12.2. The van der Waals surface area contributed by atoms with Crippen LogP contribution in [-0.4, -0.2) is 0 Å². The minimum absolute atomic E-state index is 0.887. The Bertz CT molecular complexity index is 2370. The highest BCUT2D eigenvalue weighted by atomic mass is 32.1. The Morgan fingerprint density at radius 1 is 0.465 bits per heavy atom. The average molecular weight is 568 g/mol. The van der Waals surface area contributed by atoms with Gasteiger partial charge in [-0.1, -0.05) is 109 Å². The summed E-state index contributed by atoms with van der Waals surface area (Å²) < 4.78 is 9.15. The van der Waals surface area contributed by atoms with Crippen LogP contribution < -0.4 is 4.90 Å². The van der Waals surface area contributed by atoms with Gasteiger partial charge < -0.3 is 9.32 Å². The van der Waals surface area contributed by atoms with Crippen LogP contribution in [0.15, 0.2) is 156 Å². The SMILES string of the molecule is c1cc(-c2ccc3ccccc3c2)cc(N(c2cccc3c2oc2ccccc23)c2cccc3c2sc2ccccc23)c1. The van der Waals surface area contributed by atoms with Crippen molar-refractivity contribution >= 4 is 81.3 Å². The molecule has 43 heavy (non-hydrogen) atoms. The van der Waals surface area contributed by atoms with Gasteiger partial charge in [0, 0.05) is 31.9 Å². The van der Waals surface area contributed by atoms with E-state index in [1.165, 1.54) is 42.1 Å². The molecular formula is C40H25NOS. The summed E-state index contributed by atoms with van der Waals surface area (Å²) in [7, 11) is 0. The van der Waals surface area contributed by atoms with Crippen molar-refractivity contribution in [2.24, 2.45) is 0 Å². The molecule has 3 heteroatoms. The van der Waals surface area contributed by atoms with Gasteiger partial charge in [-0.15, -0.1) is 11.3 Å². The fraction of sp³-hybridized carbons (Fsp3) is 0. The van der Waals surface area contributed by atoms with Crippen molar-refractivity contribution < 1.29 is 4.42 Å². The Labute approximate surface area is 252 Å². The number of thiophene rings is 1. The van der Waals surface area contributed by atoms with Gasteiger partial charge in [0.2, 0.25) is 0 Å². The maximum atomic E-state index is 6.60. The highest BCUT2D eigenvalue weighted by molar-refractivity contribution is 7.26. The summed E-state index contributed by atoms with van der Waals surface area (Å²) in [6, 6.07) is 54.3. The predicted molar refractivity (Wildman–Crippen MR) is 184 cm³/mol. The van der Waals surface area contributed by atoms with Gasteiger partial charge >= 0.3 is 0 Å². The zero-order valence-electron chi connectivity index (χ0n) is 23.2. The van der Waals surface area contributed by atoms with Crippen molar-refractivity contribution in [3.05, 3.63) is 152 Å². The molecule has 0 aliphatic heterocycles. The summed E-state index contributed by atoms with van der Waals surface area (Å²) in [4.78, 5) is 2.38. The van der Waals surface area contributed by atoms with Crippen molar-refractivity contribution in [3.63, 3.8) is 0 Å². The molecule has 0 aliphatic carbocycles. The van der Waals surface area contributed by atoms with Crippen LogP contribution >= 0.6 is 11.3 Å². The Morgan fingerprint density at radius 2 is 1.16 bits per heavy atom. The van der Waals surface area contributed by atoms with Crippen molar-refractivity contribution in [2.75, 3.05) is 4.90 Å². The lowest BCUT2D eigenvalue weighted by atomic mass is 10.0. The first-order valence-electron chi connectivity index (χ1n) is 14.5.